The maximum absolute atomic E-state index is 9.17. The summed E-state index contributed by atoms with van der Waals surface area (Å²) in [6.45, 7) is 4.38. The number of pyridine rings is 1. The summed E-state index contributed by atoms with van der Waals surface area (Å²) in [4.78, 5) is 6.91. The molecular weight excluding hydrogens is 224 g/mol. The van der Waals surface area contributed by atoms with Gasteiger partial charge >= 0.3 is 0 Å². The van der Waals surface area contributed by atoms with Gasteiger partial charge in [0.15, 0.2) is 0 Å². The molecule has 100 valence electrons. The molecule has 1 aromatic heterocycles. The van der Waals surface area contributed by atoms with Gasteiger partial charge in [0, 0.05) is 18.8 Å². The Morgan fingerprint density at radius 2 is 1.94 bits per heavy atom. The molecule has 0 aromatic carbocycles. The molecule has 1 heterocycles. The van der Waals surface area contributed by atoms with E-state index < -0.39 is 0 Å². The highest BCUT2D eigenvalue weighted by atomic mass is 16.3. The summed E-state index contributed by atoms with van der Waals surface area (Å²) in [6, 6.07) is 4.63. The quantitative estimate of drug-likeness (QED) is 0.893. The second kappa shape index (κ2) is 5.70. The third-order valence-electron chi connectivity index (χ3n) is 4.25. The first kappa shape index (κ1) is 13.3. The number of anilines is 1. The van der Waals surface area contributed by atoms with Crippen LogP contribution in [0.15, 0.2) is 12.1 Å². The van der Waals surface area contributed by atoms with E-state index in [9.17, 15) is 5.11 Å². The first-order valence-electron chi connectivity index (χ1n) is 6.92. The molecule has 1 N–H and O–H groups in total. The predicted octanol–water partition coefficient (Wildman–Crippen LogP) is 2.90. The van der Waals surface area contributed by atoms with E-state index in [0.717, 1.165) is 23.0 Å². The summed E-state index contributed by atoms with van der Waals surface area (Å²) in [5, 5.41) is 9.17. The van der Waals surface area contributed by atoms with Crippen LogP contribution in [0, 0.1) is 12.8 Å². The van der Waals surface area contributed by atoms with Crippen molar-refractivity contribution < 1.29 is 5.11 Å². The van der Waals surface area contributed by atoms with Gasteiger partial charge in [-0.05, 0) is 50.2 Å². The topological polar surface area (TPSA) is 36.4 Å². The Bertz CT molecular complexity index is 397. The largest absolute Gasteiger partial charge is 0.392 e. The van der Waals surface area contributed by atoms with E-state index in [1.807, 2.05) is 19.1 Å². The molecule has 3 heteroatoms. The lowest BCUT2D eigenvalue weighted by molar-refractivity contribution is 0.280. The van der Waals surface area contributed by atoms with Gasteiger partial charge in [0.1, 0.15) is 5.82 Å². The summed E-state index contributed by atoms with van der Waals surface area (Å²) < 4.78 is 0. The van der Waals surface area contributed by atoms with E-state index in [1.54, 1.807) is 0 Å². The van der Waals surface area contributed by atoms with Crippen molar-refractivity contribution in [2.75, 3.05) is 11.9 Å². The maximum atomic E-state index is 9.17. The third kappa shape index (κ3) is 2.83. The zero-order valence-electron chi connectivity index (χ0n) is 11.7. The molecule has 18 heavy (non-hydrogen) atoms. The molecule has 0 bridgehead atoms. The Balaban J connectivity index is 2.08. The number of hydrogen-bond donors (Lipinski definition) is 1. The van der Waals surface area contributed by atoms with Gasteiger partial charge in [0.05, 0.1) is 6.61 Å². The number of aliphatic hydroxyl groups excluding tert-OH is 1. The summed E-state index contributed by atoms with van der Waals surface area (Å²) in [5.41, 5.74) is 1.86. The van der Waals surface area contributed by atoms with Crippen molar-refractivity contribution >= 4 is 5.82 Å². The van der Waals surface area contributed by atoms with Crippen LogP contribution in [0.25, 0.3) is 0 Å². The summed E-state index contributed by atoms with van der Waals surface area (Å²) in [6.07, 6.45) is 5.17. The van der Waals surface area contributed by atoms with E-state index in [2.05, 4.69) is 23.9 Å². The summed E-state index contributed by atoms with van der Waals surface area (Å²) in [5.74, 6) is 1.91. The van der Waals surface area contributed by atoms with Crippen molar-refractivity contribution in [2.24, 2.45) is 5.92 Å². The Morgan fingerprint density at radius 1 is 1.28 bits per heavy atom. The minimum absolute atomic E-state index is 0.0732. The van der Waals surface area contributed by atoms with Crippen LogP contribution in [0.4, 0.5) is 5.82 Å². The lowest BCUT2D eigenvalue weighted by atomic mass is 9.87. The Hall–Kier alpha value is -1.09. The fraction of sp³-hybridized carbons (Fsp3) is 0.667. The van der Waals surface area contributed by atoms with Gasteiger partial charge in [-0.3, -0.25) is 0 Å². The number of aryl methyl sites for hydroxylation is 1. The maximum Gasteiger partial charge on any atom is 0.128 e. The number of hydrogen-bond acceptors (Lipinski definition) is 3. The van der Waals surface area contributed by atoms with Crippen LogP contribution in [0.1, 0.15) is 43.9 Å². The van der Waals surface area contributed by atoms with Crippen LogP contribution in [-0.2, 0) is 6.61 Å². The van der Waals surface area contributed by atoms with Crippen molar-refractivity contribution in [1.29, 1.82) is 0 Å². The number of rotatable bonds is 3. The van der Waals surface area contributed by atoms with Gasteiger partial charge < -0.3 is 10.0 Å². The van der Waals surface area contributed by atoms with Crippen molar-refractivity contribution in [3.63, 3.8) is 0 Å². The van der Waals surface area contributed by atoms with Crippen LogP contribution in [0.2, 0.25) is 0 Å². The Morgan fingerprint density at radius 3 is 2.50 bits per heavy atom. The van der Waals surface area contributed by atoms with Crippen molar-refractivity contribution in [3.8, 4) is 0 Å². The number of nitrogens with zero attached hydrogens (tertiary/aromatic N) is 2. The van der Waals surface area contributed by atoms with Crippen LogP contribution < -0.4 is 4.90 Å². The van der Waals surface area contributed by atoms with E-state index in [1.165, 1.54) is 25.7 Å². The fourth-order valence-electron chi connectivity index (χ4n) is 2.76. The third-order valence-corrected chi connectivity index (χ3v) is 4.25. The Labute approximate surface area is 110 Å². The molecule has 0 atom stereocenters. The van der Waals surface area contributed by atoms with Gasteiger partial charge in [0.2, 0.25) is 0 Å². The average molecular weight is 248 g/mol. The molecule has 3 nitrogen and oxygen atoms in total. The van der Waals surface area contributed by atoms with Gasteiger partial charge in [-0.25, -0.2) is 4.98 Å². The molecule has 1 aliphatic rings. The van der Waals surface area contributed by atoms with Crippen LogP contribution in [0.5, 0.6) is 0 Å². The van der Waals surface area contributed by atoms with Crippen LogP contribution >= 0.6 is 0 Å². The molecule has 0 amide bonds. The molecule has 2 rings (SSSR count). The van der Waals surface area contributed by atoms with Crippen molar-refractivity contribution in [1.82, 2.24) is 4.98 Å². The minimum Gasteiger partial charge on any atom is -0.392 e. The van der Waals surface area contributed by atoms with Gasteiger partial charge in [0.25, 0.3) is 0 Å². The van der Waals surface area contributed by atoms with E-state index in [4.69, 9.17) is 0 Å². The Kier molecular flexibility index (Phi) is 4.23. The fourth-order valence-corrected chi connectivity index (χ4v) is 2.76. The van der Waals surface area contributed by atoms with Crippen molar-refractivity contribution in [3.05, 3.63) is 23.4 Å². The minimum atomic E-state index is 0.0732. The van der Waals surface area contributed by atoms with E-state index in [0.29, 0.717) is 6.04 Å². The lowest BCUT2D eigenvalue weighted by Crippen LogP contribution is -2.35. The molecule has 1 aliphatic carbocycles. The highest BCUT2D eigenvalue weighted by Crippen LogP contribution is 2.28. The van der Waals surface area contributed by atoms with Crippen molar-refractivity contribution in [2.45, 2.75) is 52.2 Å². The average Bonchev–Trinajstić information content (AvgIpc) is 2.38. The first-order valence-corrected chi connectivity index (χ1v) is 6.92. The first-order chi connectivity index (χ1) is 8.61. The van der Waals surface area contributed by atoms with Crippen LogP contribution in [-0.4, -0.2) is 23.2 Å². The molecule has 0 radical (unpaired) electrons. The number of aliphatic hydroxyl groups is 1. The molecule has 1 fully saturated rings. The van der Waals surface area contributed by atoms with E-state index >= 15 is 0 Å². The molecule has 1 aromatic rings. The van der Waals surface area contributed by atoms with Gasteiger partial charge in [-0.15, -0.1) is 0 Å². The number of aromatic nitrogens is 1. The highest BCUT2D eigenvalue weighted by Gasteiger charge is 2.22. The molecule has 0 spiro atoms. The second-order valence-corrected chi connectivity index (χ2v) is 5.60. The molecular formula is C15H24N2O. The SMILES string of the molecule is Cc1nc(N(C)C2CCC(C)CC2)ccc1CO. The highest BCUT2D eigenvalue weighted by molar-refractivity contribution is 5.41. The van der Waals surface area contributed by atoms with Crippen LogP contribution in [0.3, 0.4) is 0 Å². The smallest absolute Gasteiger partial charge is 0.128 e. The lowest BCUT2D eigenvalue weighted by Gasteiger charge is -2.34. The standard InChI is InChI=1S/C15H24N2O/c1-11-4-7-14(8-5-11)17(3)15-9-6-13(10-18)12(2)16-15/h6,9,11,14,18H,4-5,7-8,10H2,1-3H3. The van der Waals surface area contributed by atoms with E-state index in [-0.39, 0.29) is 6.61 Å². The molecule has 1 saturated carbocycles. The molecule has 0 unspecified atom stereocenters. The zero-order valence-corrected chi connectivity index (χ0v) is 11.7. The normalized spacial score (nSPS) is 24.0. The zero-order chi connectivity index (χ0) is 13.1. The van der Waals surface area contributed by atoms with Gasteiger partial charge in [-0.1, -0.05) is 13.0 Å². The van der Waals surface area contributed by atoms with Gasteiger partial charge in [-0.2, -0.15) is 0 Å². The summed E-state index contributed by atoms with van der Waals surface area (Å²) in [7, 11) is 2.14. The second-order valence-electron chi connectivity index (χ2n) is 5.60. The predicted molar refractivity (Wildman–Crippen MR) is 74.7 cm³/mol. The summed E-state index contributed by atoms with van der Waals surface area (Å²) >= 11 is 0. The molecule has 0 saturated heterocycles. The molecule has 0 aliphatic heterocycles. The monoisotopic (exact) mass is 248 g/mol.